The van der Waals surface area contributed by atoms with Gasteiger partial charge in [-0.1, -0.05) is 0 Å². The second kappa shape index (κ2) is 9.77. The Kier molecular flexibility index (Phi) is 10.4. The second-order valence-electron chi connectivity index (χ2n) is 2.46. The zero-order valence-electron chi connectivity index (χ0n) is 8.24. The van der Waals surface area contributed by atoms with Gasteiger partial charge in [0.2, 0.25) is 12.3 Å². The number of allylic oxidation sites excluding steroid dienone is 2. The number of hydrogen-bond acceptors (Lipinski definition) is 0. The highest BCUT2D eigenvalue weighted by Gasteiger charge is 2.24. The number of hydrogen-bond donors (Lipinski definition) is 0. The van der Waals surface area contributed by atoms with Crippen molar-refractivity contribution in [3.63, 3.8) is 0 Å². The van der Waals surface area contributed by atoms with E-state index in [1.165, 1.54) is 0 Å². The van der Waals surface area contributed by atoms with Crippen LogP contribution in [-0.4, -0.2) is 25.2 Å². The van der Waals surface area contributed by atoms with E-state index >= 15 is 0 Å². The predicted molar refractivity (Wildman–Crippen MR) is 42.4 cm³/mol. The first kappa shape index (κ1) is 19.1. The molecule has 0 saturated carbocycles. The van der Waals surface area contributed by atoms with Crippen LogP contribution in [-0.2, 0) is 0 Å². The molecule has 0 amide bonds. The summed E-state index contributed by atoms with van der Waals surface area (Å²) in [6.07, 6.45) is -14.9. The summed E-state index contributed by atoms with van der Waals surface area (Å²) in [6, 6.07) is 0. The van der Waals surface area contributed by atoms with Crippen LogP contribution < -0.4 is 0 Å². The van der Waals surface area contributed by atoms with Crippen LogP contribution in [0.3, 0.4) is 0 Å². The Labute approximate surface area is 94.6 Å². The zero-order valence-corrected chi connectivity index (χ0v) is 8.24. The highest BCUT2D eigenvalue weighted by molar-refractivity contribution is 4.95. The summed E-state index contributed by atoms with van der Waals surface area (Å²) in [5, 5.41) is 0. The van der Waals surface area contributed by atoms with Gasteiger partial charge in [-0.05, 0) is 0 Å². The van der Waals surface area contributed by atoms with Gasteiger partial charge in [-0.15, -0.1) is 0 Å². The van der Waals surface area contributed by atoms with E-state index in [1.807, 2.05) is 0 Å². The predicted octanol–water partition coefficient (Wildman–Crippen LogP) is 4.74. The minimum atomic E-state index is -3.50. The molecule has 108 valence electrons. The smallest absolute Gasteiger partial charge is 0.233 e. The van der Waals surface area contributed by atoms with Gasteiger partial charge in [-0.2, -0.15) is 0 Å². The van der Waals surface area contributed by atoms with Crippen molar-refractivity contribution in [1.29, 1.82) is 0 Å². The lowest BCUT2D eigenvalue weighted by atomic mass is 10.4. The Morgan fingerprint density at radius 2 is 0.833 bits per heavy atom. The van der Waals surface area contributed by atoms with Crippen molar-refractivity contribution in [2.45, 2.75) is 25.2 Å². The number of rotatable bonds is 4. The van der Waals surface area contributed by atoms with Crippen LogP contribution in [0.2, 0.25) is 0 Å². The van der Waals surface area contributed by atoms with E-state index in [0.717, 1.165) is 0 Å². The fourth-order valence-corrected chi connectivity index (χ4v) is 0.361. The molecule has 0 radical (unpaired) electrons. The molecule has 0 nitrogen and oxygen atoms in total. The topological polar surface area (TPSA) is 0 Å². The molecule has 0 aliphatic carbocycles. The van der Waals surface area contributed by atoms with Crippen LogP contribution in [0.5, 0.6) is 0 Å². The Morgan fingerprint density at radius 3 is 0.889 bits per heavy atom. The van der Waals surface area contributed by atoms with Gasteiger partial charge in [0.1, 0.15) is 12.7 Å². The molecule has 0 heterocycles. The quantitative estimate of drug-likeness (QED) is 0.656. The minimum Gasteiger partial charge on any atom is -0.233 e. The van der Waals surface area contributed by atoms with E-state index < -0.39 is 49.5 Å². The molecular formula is C8H6F10. The number of halogens is 10. The summed E-state index contributed by atoms with van der Waals surface area (Å²) < 4.78 is 112. The van der Waals surface area contributed by atoms with E-state index in [2.05, 4.69) is 0 Å². The van der Waals surface area contributed by atoms with Crippen molar-refractivity contribution in [1.82, 2.24) is 0 Å². The van der Waals surface area contributed by atoms with E-state index in [9.17, 15) is 43.9 Å². The first-order valence-electron chi connectivity index (χ1n) is 3.95. The Balaban J connectivity index is 0. The third-order valence-electron chi connectivity index (χ3n) is 1.18. The summed E-state index contributed by atoms with van der Waals surface area (Å²) in [7, 11) is 0. The maximum Gasteiger partial charge on any atom is 0.275 e. The lowest BCUT2D eigenvalue weighted by molar-refractivity contribution is 0.0566. The molecule has 0 aromatic rings. The van der Waals surface area contributed by atoms with Crippen LogP contribution in [0.4, 0.5) is 43.9 Å². The maximum absolute atomic E-state index is 11.5. The molecule has 0 aliphatic rings. The van der Waals surface area contributed by atoms with Gasteiger partial charge in [-0.3, -0.25) is 0 Å². The van der Waals surface area contributed by atoms with Crippen LogP contribution in [0.1, 0.15) is 0 Å². The van der Waals surface area contributed by atoms with Crippen molar-refractivity contribution in [2.24, 2.45) is 0 Å². The lowest BCUT2D eigenvalue weighted by Gasteiger charge is -2.00. The molecule has 0 aromatic heterocycles. The largest absolute Gasteiger partial charge is 0.275 e. The lowest BCUT2D eigenvalue weighted by Crippen LogP contribution is -2.11. The highest BCUT2D eigenvalue weighted by Crippen LogP contribution is 2.16. The molecule has 2 atom stereocenters. The third kappa shape index (κ3) is 7.96. The highest BCUT2D eigenvalue weighted by atomic mass is 19.3. The van der Waals surface area contributed by atoms with Crippen LogP contribution in [0.15, 0.2) is 24.3 Å². The van der Waals surface area contributed by atoms with Crippen LogP contribution >= 0.6 is 0 Å². The molecule has 18 heavy (non-hydrogen) atoms. The number of alkyl halides is 6. The van der Waals surface area contributed by atoms with Gasteiger partial charge in [0.15, 0.2) is 11.7 Å². The van der Waals surface area contributed by atoms with Gasteiger partial charge in [0, 0.05) is 0 Å². The first-order chi connectivity index (χ1) is 8.18. The van der Waals surface area contributed by atoms with Crippen LogP contribution in [0, 0.1) is 0 Å². The minimum absolute atomic E-state index is 0.823. The molecule has 2 unspecified atom stereocenters. The van der Waals surface area contributed by atoms with Crippen LogP contribution in [0.25, 0.3) is 0 Å². The van der Waals surface area contributed by atoms with Crippen molar-refractivity contribution in [3.05, 3.63) is 24.3 Å². The first-order valence-corrected chi connectivity index (χ1v) is 3.95. The second-order valence-corrected chi connectivity index (χ2v) is 2.46. The van der Waals surface area contributed by atoms with E-state index in [0.29, 0.717) is 0 Å². The average molecular weight is 292 g/mol. The molecule has 0 rings (SSSR count). The Hall–Kier alpha value is -1.22. The van der Waals surface area contributed by atoms with E-state index in [-0.39, 0.29) is 0 Å². The molecular weight excluding hydrogens is 286 g/mol. The summed E-state index contributed by atoms with van der Waals surface area (Å²) in [6.45, 7) is 0. The summed E-state index contributed by atoms with van der Waals surface area (Å²) in [4.78, 5) is 0. The summed E-state index contributed by atoms with van der Waals surface area (Å²) >= 11 is 0. The fraction of sp³-hybridized carbons (Fsp3) is 0.500. The molecule has 0 fully saturated rings. The van der Waals surface area contributed by atoms with Gasteiger partial charge >= 0.3 is 0 Å². The molecule has 0 saturated heterocycles. The summed E-state index contributed by atoms with van der Waals surface area (Å²) in [5.74, 6) is -4.16. The van der Waals surface area contributed by atoms with Gasteiger partial charge in [0.05, 0.1) is 0 Å². The van der Waals surface area contributed by atoms with E-state index in [1.54, 1.807) is 0 Å². The molecule has 0 aromatic carbocycles. The molecule has 0 bridgehead atoms. The standard InChI is InChI=1S/2C4H3F5/c2*5-1-2(6)3(7)4(8)9/h2*1,3-4H. The monoisotopic (exact) mass is 292 g/mol. The average Bonchev–Trinajstić information content (AvgIpc) is 2.35. The van der Waals surface area contributed by atoms with Crippen molar-refractivity contribution < 1.29 is 43.9 Å². The maximum atomic E-state index is 11.5. The summed E-state index contributed by atoms with van der Waals surface area (Å²) in [5.41, 5.74) is 0. The molecule has 0 aliphatic heterocycles. The van der Waals surface area contributed by atoms with Crippen molar-refractivity contribution in [3.8, 4) is 0 Å². The van der Waals surface area contributed by atoms with Gasteiger partial charge in [0.25, 0.3) is 12.9 Å². The molecule has 10 heteroatoms. The van der Waals surface area contributed by atoms with Crippen molar-refractivity contribution >= 4 is 0 Å². The molecule has 0 N–H and O–H groups in total. The SMILES string of the molecule is FC=C(F)C(F)C(F)F.FC=C(F)C(F)C(F)F. The van der Waals surface area contributed by atoms with Gasteiger partial charge < -0.3 is 0 Å². The van der Waals surface area contributed by atoms with Gasteiger partial charge in [-0.25, -0.2) is 43.9 Å². The van der Waals surface area contributed by atoms with Crippen molar-refractivity contribution in [2.75, 3.05) is 0 Å². The zero-order chi connectivity index (χ0) is 14.9. The Bertz CT molecular complexity index is 243. The fourth-order valence-electron chi connectivity index (χ4n) is 0.361. The Morgan fingerprint density at radius 1 is 0.611 bits per heavy atom. The normalized spacial score (nSPS) is 16.4. The van der Waals surface area contributed by atoms with E-state index in [4.69, 9.17) is 0 Å². The third-order valence-corrected chi connectivity index (χ3v) is 1.18. The molecule has 0 spiro atoms.